The number of fused-ring (bicyclic) bond motifs is 1. The van der Waals surface area contributed by atoms with Crippen molar-refractivity contribution in [1.29, 1.82) is 0 Å². The highest BCUT2D eigenvalue weighted by Crippen LogP contribution is 2.42. The summed E-state index contributed by atoms with van der Waals surface area (Å²) in [5, 5.41) is 0.933. The number of benzene rings is 2. The maximum Gasteiger partial charge on any atom is 0.261 e. The molecule has 5 rings (SSSR count). The largest absolute Gasteiger partial charge is 0.366 e. The average Bonchev–Trinajstić information content (AvgIpc) is 2.87. The van der Waals surface area contributed by atoms with Crippen molar-refractivity contribution in [2.45, 2.75) is 37.0 Å². The Kier molecular flexibility index (Phi) is 7.35. The highest BCUT2D eigenvalue weighted by Gasteiger charge is 2.41. The van der Waals surface area contributed by atoms with Crippen molar-refractivity contribution < 1.29 is 14.0 Å². The average molecular weight is 514 g/mol. The van der Waals surface area contributed by atoms with Crippen LogP contribution < -0.4 is 4.90 Å². The van der Waals surface area contributed by atoms with Crippen LogP contribution in [0.3, 0.4) is 0 Å². The summed E-state index contributed by atoms with van der Waals surface area (Å²) in [5.41, 5.74) is 1.46. The van der Waals surface area contributed by atoms with Gasteiger partial charge >= 0.3 is 0 Å². The Bertz CT molecular complexity index is 1130. The number of carbonyl (C=O) groups excluding carboxylic acids is 2. The predicted octanol–water partition coefficient (Wildman–Crippen LogP) is 5.06. The summed E-state index contributed by atoms with van der Waals surface area (Å²) in [5.74, 6) is -0.354. The molecular weight excluding hydrogens is 485 g/mol. The van der Waals surface area contributed by atoms with E-state index in [4.69, 9.17) is 11.6 Å². The van der Waals surface area contributed by atoms with E-state index < -0.39 is 0 Å². The number of anilines is 1. The molecule has 184 valence electrons. The van der Waals surface area contributed by atoms with Gasteiger partial charge in [0.15, 0.2) is 0 Å². The summed E-state index contributed by atoms with van der Waals surface area (Å²) in [6.07, 6.45) is 6.10. The fraction of sp³-hybridized carbons (Fsp3) is 0.407. The number of para-hydroxylation sites is 1. The van der Waals surface area contributed by atoms with Crippen molar-refractivity contribution in [3.63, 3.8) is 0 Å². The lowest BCUT2D eigenvalue weighted by atomic mass is 9.93. The van der Waals surface area contributed by atoms with Gasteiger partial charge in [0.1, 0.15) is 12.4 Å². The third kappa shape index (κ3) is 5.36. The first kappa shape index (κ1) is 24.2. The molecule has 2 aliphatic heterocycles. The van der Waals surface area contributed by atoms with E-state index in [1.54, 1.807) is 23.9 Å². The topological polar surface area (TPSA) is 43.9 Å². The van der Waals surface area contributed by atoms with Crippen LogP contribution in [0.1, 0.15) is 31.2 Å². The van der Waals surface area contributed by atoms with Gasteiger partial charge in [-0.3, -0.25) is 9.59 Å². The zero-order valence-corrected chi connectivity index (χ0v) is 21.1. The monoisotopic (exact) mass is 513 g/mol. The lowest BCUT2D eigenvalue weighted by Gasteiger charge is -2.45. The zero-order chi connectivity index (χ0) is 24.4. The van der Waals surface area contributed by atoms with Crippen molar-refractivity contribution in [3.8, 4) is 0 Å². The van der Waals surface area contributed by atoms with Gasteiger partial charge in [-0.2, -0.15) is 0 Å². The molecule has 2 atom stereocenters. The summed E-state index contributed by atoms with van der Waals surface area (Å²) in [4.78, 5) is 33.1. The van der Waals surface area contributed by atoms with Crippen LogP contribution in [-0.4, -0.2) is 65.6 Å². The first-order valence-corrected chi connectivity index (χ1v) is 13.5. The van der Waals surface area contributed by atoms with Crippen molar-refractivity contribution in [1.82, 2.24) is 9.80 Å². The summed E-state index contributed by atoms with van der Waals surface area (Å²) >= 11 is 7.79. The van der Waals surface area contributed by atoms with E-state index >= 15 is 0 Å². The predicted molar refractivity (Wildman–Crippen MR) is 140 cm³/mol. The zero-order valence-electron chi connectivity index (χ0n) is 19.5. The Balaban J connectivity index is 1.29. The molecule has 35 heavy (non-hydrogen) atoms. The summed E-state index contributed by atoms with van der Waals surface area (Å²) in [6.45, 7) is 2.27. The number of piperazine rings is 1. The highest BCUT2D eigenvalue weighted by molar-refractivity contribution is 8.04. The van der Waals surface area contributed by atoms with E-state index in [0.717, 1.165) is 31.2 Å². The molecule has 0 radical (unpaired) electrons. The SMILES string of the molecule is O=C(CN1C(=O)/C(=C/c2cccc(Cl)c2)SC2CCCCC21)N1CCN(c2ccccc2F)CC1. The lowest BCUT2D eigenvalue weighted by molar-refractivity contribution is -0.140. The number of nitrogens with zero attached hydrogens (tertiary/aromatic N) is 3. The number of hydrogen-bond acceptors (Lipinski definition) is 4. The van der Waals surface area contributed by atoms with E-state index in [9.17, 15) is 14.0 Å². The minimum absolute atomic E-state index is 0.0372. The van der Waals surface area contributed by atoms with Crippen molar-refractivity contribution in [3.05, 3.63) is 69.8 Å². The molecule has 5 nitrogen and oxygen atoms in total. The van der Waals surface area contributed by atoms with Gasteiger partial charge in [-0.15, -0.1) is 11.8 Å². The second kappa shape index (κ2) is 10.6. The van der Waals surface area contributed by atoms with E-state index in [1.165, 1.54) is 6.07 Å². The van der Waals surface area contributed by atoms with Gasteiger partial charge in [-0.05, 0) is 48.7 Å². The van der Waals surface area contributed by atoms with Crippen LogP contribution in [0.15, 0.2) is 53.4 Å². The summed E-state index contributed by atoms with van der Waals surface area (Å²) in [7, 11) is 0. The van der Waals surface area contributed by atoms with Gasteiger partial charge in [-0.25, -0.2) is 4.39 Å². The molecule has 0 spiro atoms. The first-order valence-electron chi connectivity index (χ1n) is 12.2. The van der Waals surface area contributed by atoms with Gasteiger partial charge in [-0.1, -0.05) is 48.7 Å². The minimum atomic E-state index is -0.244. The number of hydrogen-bond donors (Lipinski definition) is 0. The van der Waals surface area contributed by atoms with Crippen molar-refractivity contribution >= 4 is 46.9 Å². The molecule has 0 aromatic heterocycles. The molecular formula is C27H29ClFN3O2S. The van der Waals surface area contributed by atoms with E-state index in [2.05, 4.69) is 0 Å². The number of rotatable bonds is 4. The Labute approximate surface area is 214 Å². The molecule has 8 heteroatoms. The van der Waals surface area contributed by atoms with Crippen LogP contribution in [0.2, 0.25) is 5.02 Å². The van der Waals surface area contributed by atoms with Crippen LogP contribution in [0, 0.1) is 5.82 Å². The van der Waals surface area contributed by atoms with Crippen LogP contribution in [0.5, 0.6) is 0 Å². The molecule has 2 heterocycles. The van der Waals surface area contributed by atoms with E-state index in [1.807, 2.05) is 51.1 Å². The molecule has 1 aliphatic carbocycles. The number of amides is 2. The van der Waals surface area contributed by atoms with Gasteiger partial charge in [0.05, 0.1) is 10.6 Å². The van der Waals surface area contributed by atoms with Crippen molar-refractivity contribution in [2.75, 3.05) is 37.6 Å². The van der Waals surface area contributed by atoms with Gasteiger partial charge in [0.2, 0.25) is 5.91 Å². The van der Waals surface area contributed by atoms with Crippen molar-refractivity contribution in [2.24, 2.45) is 0 Å². The molecule has 2 aromatic rings. The maximum atomic E-state index is 14.2. The molecule has 3 aliphatic rings. The molecule has 2 saturated heterocycles. The van der Waals surface area contributed by atoms with E-state index in [-0.39, 0.29) is 30.2 Å². The number of thioether (sulfide) groups is 1. The second-order valence-electron chi connectivity index (χ2n) is 9.32. The Morgan fingerprint density at radius 3 is 2.60 bits per heavy atom. The smallest absolute Gasteiger partial charge is 0.261 e. The summed E-state index contributed by atoms with van der Waals surface area (Å²) < 4.78 is 14.2. The molecule has 0 bridgehead atoms. The Morgan fingerprint density at radius 1 is 1.06 bits per heavy atom. The van der Waals surface area contributed by atoms with Crippen LogP contribution >= 0.6 is 23.4 Å². The lowest BCUT2D eigenvalue weighted by Crippen LogP contribution is -2.57. The van der Waals surface area contributed by atoms with Crippen LogP contribution in [0.25, 0.3) is 6.08 Å². The molecule has 0 N–H and O–H groups in total. The van der Waals surface area contributed by atoms with E-state index in [0.29, 0.717) is 47.0 Å². The molecule has 2 unspecified atom stereocenters. The standard InChI is InChI=1S/C27H29ClFN3O2S/c28-20-7-5-6-19(16-20)17-25-27(34)32(23-10-3-4-11-24(23)35-25)18-26(33)31-14-12-30(13-15-31)22-9-2-1-8-21(22)29/h1-2,5-9,16-17,23-24H,3-4,10-15,18H2/b25-17-. The Hall–Kier alpha value is -2.51. The quantitative estimate of drug-likeness (QED) is 0.536. The molecule has 2 amide bonds. The molecule has 2 aromatic carbocycles. The highest BCUT2D eigenvalue weighted by atomic mass is 35.5. The molecule has 3 fully saturated rings. The fourth-order valence-electron chi connectivity index (χ4n) is 5.26. The normalized spacial score (nSPS) is 24.0. The second-order valence-corrected chi connectivity index (χ2v) is 11.0. The van der Waals surface area contributed by atoms with Crippen LogP contribution in [-0.2, 0) is 9.59 Å². The maximum absolute atomic E-state index is 14.2. The van der Waals surface area contributed by atoms with Gasteiger partial charge < -0.3 is 14.7 Å². The minimum Gasteiger partial charge on any atom is -0.366 e. The third-order valence-electron chi connectivity index (χ3n) is 7.10. The number of carbonyl (C=O) groups is 2. The fourth-order valence-corrected chi connectivity index (χ4v) is 6.93. The van der Waals surface area contributed by atoms with Gasteiger partial charge in [0, 0.05) is 42.5 Å². The first-order chi connectivity index (χ1) is 17.0. The number of halogens is 2. The Morgan fingerprint density at radius 2 is 1.83 bits per heavy atom. The molecule has 1 saturated carbocycles. The third-order valence-corrected chi connectivity index (χ3v) is 8.73. The van der Waals surface area contributed by atoms with Gasteiger partial charge in [0.25, 0.3) is 5.91 Å². The summed E-state index contributed by atoms with van der Waals surface area (Å²) in [6, 6.07) is 14.3. The van der Waals surface area contributed by atoms with Crippen LogP contribution in [0.4, 0.5) is 10.1 Å².